The predicted molar refractivity (Wildman–Crippen MR) is 66.2 cm³/mol. The molecule has 0 aliphatic heterocycles. The molecule has 2 heterocycles. The standard InChI is InChI=1S/C13H11N3/c1-8-6-7-15-12-11(8)9-4-2-3-5-10(9)16-13(12)14/h2-7H,1H3,(H2,14,16). The number of nitrogens with zero attached hydrogens (tertiary/aromatic N) is 2. The molecule has 0 aliphatic carbocycles. The predicted octanol–water partition coefficient (Wildman–Crippen LogP) is 2.67. The van der Waals surface area contributed by atoms with Crippen LogP contribution in [0.2, 0.25) is 0 Å². The summed E-state index contributed by atoms with van der Waals surface area (Å²) in [6.07, 6.45) is 1.77. The monoisotopic (exact) mass is 209 g/mol. The number of rotatable bonds is 0. The van der Waals surface area contributed by atoms with Crippen LogP contribution in [0.25, 0.3) is 21.8 Å². The second-order valence-electron chi connectivity index (χ2n) is 3.87. The Kier molecular flexibility index (Phi) is 1.80. The number of benzene rings is 1. The fourth-order valence-corrected chi connectivity index (χ4v) is 2.06. The molecule has 78 valence electrons. The van der Waals surface area contributed by atoms with Gasteiger partial charge >= 0.3 is 0 Å². The maximum atomic E-state index is 5.92. The van der Waals surface area contributed by atoms with E-state index in [4.69, 9.17) is 5.73 Å². The Morgan fingerprint density at radius 3 is 2.81 bits per heavy atom. The molecule has 2 N–H and O–H groups in total. The minimum absolute atomic E-state index is 0.498. The Hall–Kier alpha value is -2.16. The van der Waals surface area contributed by atoms with Gasteiger partial charge in [-0.2, -0.15) is 0 Å². The number of aryl methyl sites for hydroxylation is 1. The minimum atomic E-state index is 0.498. The summed E-state index contributed by atoms with van der Waals surface area (Å²) in [4.78, 5) is 8.66. The lowest BCUT2D eigenvalue weighted by Gasteiger charge is -2.07. The van der Waals surface area contributed by atoms with Gasteiger partial charge in [-0.15, -0.1) is 0 Å². The zero-order valence-electron chi connectivity index (χ0n) is 8.94. The van der Waals surface area contributed by atoms with Gasteiger partial charge < -0.3 is 5.73 Å². The number of para-hydroxylation sites is 1. The molecule has 0 atom stereocenters. The second kappa shape index (κ2) is 3.17. The number of aromatic nitrogens is 2. The van der Waals surface area contributed by atoms with E-state index in [9.17, 15) is 0 Å². The van der Waals surface area contributed by atoms with Gasteiger partial charge in [-0.05, 0) is 24.6 Å². The molecule has 0 spiro atoms. The van der Waals surface area contributed by atoms with Gasteiger partial charge in [-0.1, -0.05) is 18.2 Å². The summed E-state index contributed by atoms with van der Waals surface area (Å²) in [5.74, 6) is 0.498. The van der Waals surface area contributed by atoms with E-state index < -0.39 is 0 Å². The number of nitrogens with two attached hydrogens (primary N) is 1. The lowest BCUT2D eigenvalue weighted by Crippen LogP contribution is -1.96. The molecule has 0 radical (unpaired) electrons. The van der Waals surface area contributed by atoms with Gasteiger partial charge in [-0.25, -0.2) is 4.98 Å². The summed E-state index contributed by atoms with van der Waals surface area (Å²) in [5, 5.41) is 2.21. The van der Waals surface area contributed by atoms with E-state index >= 15 is 0 Å². The molecule has 16 heavy (non-hydrogen) atoms. The highest BCUT2D eigenvalue weighted by molar-refractivity contribution is 6.09. The number of hydrogen-bond donors (Lipinski definition) is 1. The largest absolute Gasteiger partial charge is 0.382 e. The van der Waals surface area contributed by atoms with E-state index in [0.717, 1.165) is 21.8 Å². The summed E-state index contributed by atoms with van der Waals surface area (Å²) in [6, 6.07) is 9.99. The topological polar surface area (TPSA) is 51.8 Å². The van der Waals surface area contributed by atoms with Crippen molar-refractivity contribution in [1.82, 2.24) is 9.97 Å². The third-order valence-electron chi connectivity index (χ3n) is 2.82. The first-order valence-corrected chi connectivity index (χ1v) is 5.17. The normalized spacial score (nSPS) is 11.1. The van der Waals surface area contributed by atoms with Crippen molar-refractivity contribution < 1.29 is 0 Å². The summed E-state index contributed by atoms with van der Waals surface area (Å²) in [6.45, 7) is 2.07. The van der Waals surface area contributed by atoms with Crippen molar-refractivity contribution in [1.29, 1.82) is 0 Å². The van der Waals surface area contributed by atoms with Crippen LogP contribution in [0, 0.1) is 6.92 Å². The van der Waals surface area contributed by atoms with Crippen LogP contribution < -0.4 is 5.73 Å². The van der Waals surface area contributed by atoms with Crippen molar-refractivity contribution in [3.8, 4) is 0 Å². The SMILES string of the molecule is Cc1ccnc2c(N)nc3ccccc3c12. The molecule has 0 saturated carbocycles. The number of fused-ring (bicyclic) bond motifs is 3. The molecule has 0 fully saturated rings. The number of nitrogen functional groups attached to an aromatic ring is 1. The summed E-state index contributed by atoms with van der Waals surface area (Å²) in [7, 11) is 0. The van der Waals surface area contributed by atoms with E-state index in [0.29, 0.717) is 5.82 Å². The summed E-state index contributed by atoms with van der Waals surface area (Å²) in [5.41, 5.74) is 8.80. The van der Waals surface area contributed by atoms with Crippen LogP contribution in [0.5, 0.6) is 0 Å². The molecule has 3 aromatic rings. The molecule has 0 unspecified atom stereocenters. The van der Waals surface area contributed by atoms with Crippen molar-refractivity contribution in [2.45, 2.75) is 6.92 Å². The van der Waals surface area contributed by atoms with Crippen LogP contribution in [0.15, 0.2) is 36.5 Å². The maximum absolute atomic E-state index is 5.92. The van der Waals surface area contributed by atoms with Gasteiger partial charge in [0.25, 0.3) is 0 Å². The van der Waals surface area contributed by atoms with Crippen LogP contribution in [0.3, 0.4) is 0 Å². The van der Waals surface area contributed by atoms with Crippen LogP contribution in [0.1, 0.15) is 5.56 Å². The highest BCUT2D eigenvalue weighted by Gasteiger charge is 2.08. The number of hydrogen-bond acceptors (Lipinski definition) is 3. The first-order chi connectivity index (χ1) is 7.77. The van der Waals surface area contributed by atoms with Crippen LogP contribution >= 0.6 is 0 Å². The Balaban J connectivity index is 2.67. The van der Waals surface area contributed by atoms with E-state index in [1.807, 2.05) is 24.3 Å². The number of anilines is 1. The molecular formula is C13H11N3. The van der Waals surface area contributed by atoms with Crippen molar-refractivity contribution in [2.75, 3.05) is 5.73 Å². The number of pyridine rings is 2. The zero-order chi connectivity index (χ0) is 11.1. The molecular weight excluding hydrogens is 198 g/mol. The van der Waals surface area contributed by atoms with E-state index in [1.165, 1.54) is 5.56 Å². The van der Waals surface area contributed by atoms with E-state index in [2.05, 4.69) is 23.0 Å². The lowest BCUT2D eigenvalue weighted by molar-refractivity contribution is 1.34. The molecule has 3 nitrogen and oxygen atoms in total. The van der Waals surface area contributed by atoms with E-state index in [-0.39, 0.29) is 0 Å². The van der Waals surface area contributed by atoms with Crippen molar-refractivity contribution in [2.24, 2.45) is 0 Å². The van der Waals surface area contributed by atoms with Gasteiger partial charge in [-0.3, -0.25) is 4.98 Å². The van der Waals surface area contributed by atoms with Gasteiger partial charge in [0.05, 0.1) is 5.52 Å². The maximum Gasteiger partial charge on any atom is 0.150 e. The fraction of sp³-hybridized carbons (Fsp3) is 0.0769. The molecule has 3 rings (SSSR count). The Morgan fingerprint density at radius 2 is 1.94 bits per heavy atom. The first kappa shape index (κ1) is 9.09. The highest BCUT2D eigenvalue weighted by Crippen LogP contribution is 2.28. The van der Waals surface area contributed by atoms with Gasteiger partial charge in [0.2, 0.25) is 0 Å². The molecule has 2 aromatic heterocycles. The zero-order valence-corrected chi connectivity index (χ0v) is 8.94. The van der Waals surface area contributed by atoms with Crippen molar-refractivity contribution >= 4 is 27.6 Å². The van der Waals surface area contributed by atoms with Crippen LogP contribution in [0.4, 0.5) is 5.82 Å². The average Bonchev–Trinajstić information content (AvgIpc) is 2.30. The summed E-state index contributed by atoms with van der Waals surface area (Å²) >= 11 is 0. The van der Waals surface area contributed by atoms with E-state index in [1.54, 1.807) is 6.20 Å². The summed E-state index contributed by atoms with van der Waals surface area (Å²) < 4.78 is 0. The third kappa shape index (κ3) is 1.15. The highest BCUT2D eigenvalue weighted by atomic mass is 14.9. The van der Waals surface area contributed by atoms with Crippen molar-refractivity contribution in [3.05, 3.63) is 42.1 Å². The molecule has 0 amide bonds. The molecule has 0 bridgehead atoms. The Bertz CT molecular complexity index is 689. The molecule has 0 aliphatic rings. The van der Waals surface area contributed by atoms with Gasteiger partial charge in [0, 0.05) is 17.0 Å². The molecule has 0 saturated heterocycles. The Morgan fingerprint density at radius 1 is 1.12 bits per heavy atom. The van der Waals surface area contributed by atoms with Crippen LogP contribution in [-0.2, 0) is 0 Å². The second-order valence-corrected chi connectivity index (χ2v) is 3.87. The first-order valence-electron chi connectivity index (χ1n) is 5.17. The van der Waals surface area contributed by atoms with Crippen molar-refractivity contribution in [3.63, 3.8) is 0 Å². The quantitative estimate of drug-likeness (QED) is 0.579. The third-order valence-corrected chi connectivity index (χ3v) is 2.82. The molecule has 1 aromatic carbocycles. The average molecular weight is 209 g/mol. The molecule has 3 heteroatoms. The van der Waals surface area contributed by atoms with Crippen LogP contribution in [-0.4, -0.2) is 9.97 Å². The van der Waals surface area contributed by atoms with Gasteiger partial charge in [0.1, 0.15) is 5.52 Å². The fourth-order valence-electron chi connectivity index (χ4n) is 2.06. The minimum Gasteiger partial charge on any atom is -0.382 e. The Labute approximate surface area is 92.9 Å². The smallest absolute Gasteiger partial charge is 0.150 e. The lowest BCUT2D eigenvalue weighted by atomic mass is 10.1. The van der Waals surface area contributed by atoms with Gasteiger partial charge in [0.15, 0.2) is 5.82 Å².